The third-order valence-corrected chi connectivity index (χ3v) is 2.83. The van der Waals surface area contributed by atoms with Crippen LogP contribution in [0.2, 0.25) is 0 Å². The summed E-state index contributed by atoms with van der Waals surface area (Å²) in [4.78, 5) is 10.6. The van der Waals surface area contributed by atoms with E-state index in [9.17, 15) is 22.4 Å². The lowest BCUT2D eigenvalue weighted by molar-refractivity contribution is -0.140. The monoisotopic (exact) mass is 248 g/mol. The first-order chi connectivity index (χ1) is 7.80. The van der Waals surface area contributed by atoms with Crippen LogP contribution in [0.4, 0.5) is 17.6 Å². The summed E-state index contributed by atoms with van der Waals surface area (Å²) >= 11 is 0. The minimum Gasteiger partial charge on any atom is -0.481 e. The molecule has 1 aliphatic carbocycles. The predicted molar refractivity (Wildman–Crippen MR) is 49.9 cm³/mol. The highest BCUT2D eigenvalue weighted by atomic mass is 19.4. The SMILES string of the molecule is O=C(O)C1CC1c1cc(F)ccc1C(F)(F)F. The molecule has 0 amide bonds. The van der Waals surface area contributed by atoms with Crippen molar-refractivity contribution in [2.75, 3.05) is 0 Å². The summed E-state index contributed by atoms with van der Waals surface area (Å²) in [5, 5.41) is 8.67. The number of alkyl halides is 3. The van der Waals surface area contributed by atoms with E-state index in [2.05, 4.69) is 0 Å². The second-order valence-electron chi connectivity index (χ2n) is 4.02. The van der Waals surface area contributed by atoms with E-state index in [1.165, 1.54) is 0 Å². The fourth-order valence-electron chi connectivity index (χ4n) is 1.91. The summed E-state index contributed by atoms with van der Waals surface area (Å²) in [5.41, 5.74) is -1.21. The average Bonchev–Trinajstić information content (AvgIpc) is 2.94. The Kier molecular flexibility index (Phi) is 2.60. The number of carboxylic acids is 1. The lowest BCUT2D eigenvalue weighted by Crippen LogP contribution is -2.10. The second kappa shape index (κ2) is 3.72. The Hall–Kier alpha value is -1.59. The minimum atomic E-state index is -4.59. The van der Waals surface area contributed by atoms with Crippen LogP contribution in [0, 0.1) is 11.7 Å². The van der Waals surface area contributed by atoms with E-state index in [-0.39, 0.29) is 12.0 Å². The van der Waals surface area contributed by atoms with Crippen molar-refractivity contribution >= 4 is 5.97 Å². The summed E-state index contributed by atoms with van der Waals surface area (Å²) in [7, 11) is 0. The highest BCUT2D eigenvalue weighted by Crippen LogP contribution is 2.51. The van der Waals surface area contributed by atoms with Gasteiger partial charge in [0.2, 0.25) is 0 Å². The molecule has 0 aliphatic heterocycles. The molecule has 2 rings (SSSR count). The molecule has 2 unspecified atom stereocenters. The summed E-state index contributed by atoms with van der Waals surface area (Å²) in [5.74, 6) is -3.51. The Morgan fingerprint density at radius 3 is 2.47 bits per heavy atom. The van der Waals surface area contributed by atoms with Crippen LogP contribution in [0.1, 0.15) is 23.5 Å². The maximum atomic E-state index is 12.9. The molecular formula is C11H8F4O2. The maximum absolute atomic E-state index is 12.9. The van der Waals surface area contributed by atoms with Crippen molar-refractivity contribution < 1.29 is 27.5 Å². The number of aliphatic carboxylic acids is 1. The molecule has 1 fully saturated rings. The molecule has 0 spiro atoms. The number of carbonyl (C=O) groups is 1. The third kappa shape index (κ3) is 2.25. The van der Waals surface area contributed by atoms with Gasteiger partial charge in [-0.1, -0.05) is 0 Å². The van der Waals surface area contributed by atoms with E-state index in [0.717, 1.165) is 12.1 Å². The topological polar surface area (TPSA) is 37.3 Å². The Morgan fingerprint density at radius 2 is 2.00 bits per heavy atom. The lowest BCUT2D eigenvalue weighted by Gasteiger charge is -2.12. The van der Waals surface area contributed by atoms with Crippen LogP contribution in [0.3, 0.4) is 0 Å². The molecule has 2 atom stereocenters. The van der Waals surface area contributed by atoms with E-state index >= 15 is 0 Å². The van der Waals surface area contributed by atoms with Gasteiger partial charge in [0.15, 0.2) is 0 Å². The highest BCUT2D eigenvalue weighted by Gasteiger charge is 2.48. The van der Waals surface area contributed by atoms with Crippen molar-refractivity contribution in [3.63, 3.8) is 0 Å². The minimum absolute atomic E-state index is 0.127. The molecule has 1 aliphatic rings. The zero-order chi connectivity index (χ0) is 12.8. The summed E-state index contributed by atoms with van der Waals surface area (Å²) in [6.07, 6.45) is -4.46. The van der Waals surface area contributed by atoms with Gasteiger partial charge in [0.25, 0.3) is 0 Å². The Labute approximate surface area is 93.9 Å². The molecule has 17 heavy (non-hydrogen) atoms. The predicted octanol–water partition coefficient (Wildman–Crippen LogP) is 3.03. The van der Waals surface area contributed by atoms with Crippen molar-refractivity contribution in [1.29, 1.82) is 0 Å². The molecule has 0 heterocycles. The van der Waals surface area contributed by atoms with E-state index in [4.69, 9.17) is 5.11 Å². The van der Waals surface area contributed by atoms with E-state index < -0.39 is 35.4 Å². The van der Waals surface area contributed by atoms with Gasteiger partial charge in [-0.05, 0) is 36.1 Å². The molecule has 6 heteroatoms. The van der Waals surface area contributed by atoms with Gasteiger partial charge in [-0.25, -0.2) is 4.39 Å². The fraction of sp³-hybridized carbons (Fsp3) is 0.364. The van der Waals surface area contributed by atoms with E-state index in [1.54, 1.807) is 0 Å². The normalized spacial score (nSPS) is 23.5. The lowest BCUT2D eigenvalue weighted by atomic mass is 10.0. The first-order valence-corrected chi connectivity index (χ1v) is 4.90. The van der Waals surface area contributed by atoms with Crippen LogP contribution in [0.25, 0.3) is 0 Å². The third-order valence-electron chi connectivity index (χ3n) is 2.83. The molecule has 0 radical (unpaired) electrons. The molecule has 0 aromatic heterocycles. The van der Waals surface area contributed by atoms with Crippen molar-refractivity contribution in [1.82, 2.24) is 0 Å². The molecule has 1 saturated carbocycles. The molecule has 1 N–H and O–H groups in total. The molecule has 2 nitrogen and oxygen atoms in total. The van der Waals surface area contributed by atoms with Gasteiger partial charge < -0.3 is 5.11 Å². The largest absolute Gasteiger partial charge is 0.481 e. The van der Waals surface area contributed by atoms with Crippen LogP contribution in [0.15, 0.2) is 18.2 Å². The second-order valence-corrected chi connectivity index (χ2v) is 4.02. The Balaban J connectivity index is 2.39. The number of hydrogen-bond donors (Lipinski definition) is 1. The zero-order valence-corrected chi connectivity index (χ0v) is 8.46. The van der Waals surface area contributed by atoms with Gasteiger partial charge in [0.1, 0.15) is 5.82 Å². The molecular weight excluding hydrogens is 240 g/mol. The van der Waals surface area contributed by atoms with Gasteiger partial charge in [-0.15, -0.1) is 0 Å². The number of halogens is 4. The quantitative estimate of drug-likeness (QED) is 0.817. The van der Waals surface area contributed by atoms with Crippen LogP contribution in [0.5, 0.6) is 0 Å². The Bertz CT molecular complexity index is 467. The fourth-order valence-corrected chi connectivity index (χ4v) is 1.91. The van der Waals surface area contributed by atoms with Gasteiger partial charge in [0.05, 0.1) is 11.5 Å². The smallest absolute Gasteiger partial charge is 0.416 e. The van der Waals surface area contributed by atoms with Crippen LogP contribution in [-0.4, -0.2) is 11.1 Å². The molecule has 92 valence electrons. The number of hydrogen-bond acceptors (Lipinski definition) is 1. The Morgan fingerprint density at radius 1 is 1.35 bits per heavy atom. The first-order valence-electron chi connectivity index (χ1n) is 4.90. The van der Waals surface area contributed by atoms with Crippen LogP contribution < -0.4 is 0 Å². The van der Waals surface area contributed by atoms with Crippen molar-refractivity contribution in [3.8, 4) is 0 Å². The molecule has 1 aromatic carbocycles. The van der Waals surface area contributed by atoms with Gasteiger partial charge in [0, 0.05) is 0 Å². The van der Waals surface area contributed by atoms with Gasteiger partial charge in [-0.3, -0.25) is 4.79 Å². The summed E-state index contributed by atoms with van der Waals surface area (Å²) in [6.45, 7) is 0. The number of carboxylic acid groups (broad SMARTS) is 1. The van der Waals surface area contributed by atoms with Crippen molar-refractivity contribution in [2.24, 2.45) is 5.92 Å². The number of rotatable bonds is 2. The van der Waals surface area contributed by atoms with Crippen LogP contribution >= 0.6 is 0 Å². The standard InChI is InChI=1S/C11H8F4O2/c12-5-1-2-9(11(13,14)15)7(3-5)6-4-8(6)10(16)17/h1-3,6,8H,4H2,(H,16,17). The van der Waals surface area contributed by atoms with Gasteiger partial charge in [-0.2, -0.15) is 13.2 Å². The first kappa shape index (κ1) is 11.9. The highest BCUT2D eigenvalue weighted by molar-refractivity contribution is 5.75. The molecule has 0 bridgehead atoms. The average molecular weight is 248 g/mol. The molecule has 1 aromatic rings. The molecule has 0 saturated heterocycles. The van der Waals surface area contributed by atoms with Crippen LogP contribution in [-0.2, 0) is 11.0 Å². The van der Waals surface area contributed by atoms with Gasteiger partial charge >= 0.3 is 12.1 Å². The van der Waals surface area contributed by atoms with Crippen molar-refractivity contribution in [2.45, 2.75) is 18.5 Å². The van der Waals surface area contributed by atoms with E-state index in [0.29, 0.717) is 6.07 Å². The van der Waals surface area contributed by atoms with E-state index in [1.807, 2.05) is 0 Å². The summed E-state index contributed by atoms with van der Waals surface area (Å²) in [6, 6.07) is 2.16. The summed E-state index contributed by atoms with van der Waals surface area (Å²) < 4.78 is 50.8. The van der Waals surface area contributed by atoms with Crippen molar-refractivity contribution in [3.05, 3.63) is 35.1 Å². The number of benzene rings is 1. The zero-order valence-electron chi connectivity index (χ0n) is 8.46. The maximum Gasteiger partial charge on any atom is 0.416 e.